The highest BCUT2D eigenvalue weighted by Crippen LogP contribution is 2.31. The third-order valence-electron chi connectivity index (χ3n) is 3.99. The topological polar surface area (TPSA) is 35.2 Å². The summed E-state index contributed by atoms with van der Waals surface area (Å²) >= 11 is 0. The molecule has 0 amide bonds. The summed E-state index contributed by atoms with van der Waals surface area (Å²) in [7, 11) is 0. The highest BCUT2D eigenvalue weighted by atomic mass is 16.5. The molecule has 1 saturated heterocycles. The van der Waals surface area contributed by atoms with Crippen LogP contribution in [0.15, 0.2) is 0 Å². The summed E-state index contributed by atoms with van der Waals surface area (Å²) < 4.78 is 5.72. The van der Waals surface area contributed by atoms with Gasteiger partial charge >= 0.3 is 0 Å². The number of nitrogens with two attached hydrogens (primary N) is 1. The summed E-state index contributed by atoms with van der Waals surface area (Å²) in [6, 6.07) is 0.431. The van der Waals surface area contributed by atoms with E-state index in [4.69, 9.17) is 10.5 Å². The molecular weight excluding hydrogens is 186 g/mol. The van der Waals surface area contributed by atoms with Crippen molar-refractivity contribution in [1.82, 2.24) is 0 Å². The summed E-state index contributed by atoms with van der Waals surface area (Å²) in [5, 5.41) is 0. The minimum Gasteiger partial charge on any atom is -0.378 e. The lowest BCUT2D eigenvalue weighted by molar-refractivity contribution is 0.00862. The lowest BCUT2D eigenvalue weighted by Crippen LogP contribution is -2.29. The molecule has 2 rings (SSSR count). The van der Waals surface area contributed by atoms with E-state index in [-0.39, 0.29) is 0 Å². The molecule has 1 saturated carbocycles. The maximum absolute atomic E-state index is 6.15. The SMILES string of the molecule is NC(CCC1CCCCO1)CC1CCC1. The molecule has 2 fully saturated rings. The van der Waals surface area contributed by atoms with Crippen LogP contribution in [0, 0.1) is 5.92 Å². The molecular formula is C13H25NO. The zero-order chi connectivity index (χ0) is 10.5. The van der Waals surface area contributed by atoms with Crippen LogP contribution in [0.25, 0.3) is 0 Å². The van der Waals surface area contributed by atoms with Crippen molar-refractivity contribution >= 4 is 0 Å². The molecule has 0 aromatic carbocycles. The highest BCUT2D eigenvalue weighted by Gasteiger charge is 2.21. The van der Waals surface area contributed by atoms with Crippen LogP contribution in [-0.4, -0.2) is 18.8 Å². The number of hydrogen-bond acceptors (Lipinski definition) is 2. The first kappa shape index (κ1) is 11.4. The third-order valence-corrected chi connectivity index (χ3v) is 3.99. The van der Waals surface area contributed by atoms with E-state index in [1.54, 1.807) is 0 Å². The molecule has 2 heteroatoms. The van der Waals surface area contributed by atoms with Crippen molar-refractivity contribution in [1.29, 1.82) is 0 Å². The van der Waals surface area contributed by atoms with Gasteiger partial charge < -0.3 is 10.5 Å². The monoisotopic (exact) mass is 211 g/mol. The quantitative estimate of drug-likeness (QED) is 0.759. The zero-order valence-corrected chi connectivity index (χ0v) is 9.79. The largest absolute Gasteiger partial charge is 0.378 e. The summed E-state index contributed by atoms with van der Waals surface area (Å²) in [5.74, 6) is 0.951. The van der Waals surface area contributed by atoms with Crippen LogP contribution >= 0.6 is 0 Å². The van der Waals surface area contributed by atoms with Gasteiger partial charge in [-0.25, -0.2) is 0 Å². The van der Waals surface area contributed by atoms with Gasteiger partial charge in [0.2, 0.25) is 0 Å². The van der Waals surface area contributed by atoms with E-state index in [1.165, 1.54) is 57.8 Å². The van der Waals surface area contributed by atoms with Crippen molar-refractivity contribution in [2.75, 3.05) is 6.61 Å². The Morgan fingerprint density at radius 3 is 2.60 bits per heavy atom. The second kappa shape index (κ2) is 5.86. The first-order valence-electron chi connectivity index (χ1n) is 6.72. The van der Waals surface area contributed by atoms with Crippen LogP contribution in [-0.2, 0) is 4.74 Å². The Labute approximate surface area is 93.6 Å². The molecule has 88 valence electrons. The number of hydrogen-bond donors (Lipinski definition) is 1. The van der Waals surface area contributed by atoms with E-state index in [2.05, 4.69) is 0 Å². The van der Waals surface area contributed by atoms with Gasteiger partial charge in [0.25, 0.3) is 0 Å². The maximum Gasteiger partial charge on any atom is 0.0575 e. The predicted octanol–water partition coefficient (Wildman–Crippen LogP) is 2.85. The summed E-state index contributed by atoms with van der Waals surface area (Å²) in [6.07, 6.45) is 12.3. The Hall–Kier alpha value is -0.0800. The molecule has 2 N–H and O–H groups in total. The van der Waals surface area contributed by atoms with Crippen molar-refractivity contribution in [3.05, 3.63) is 0 Å². The van der Waals surface area contributed by atoms with Crippen molar-refractivity contribution in [2.24, 2.45) is 11.7 Å². The fraction of sp³-hybridized carbons (Fsp3) is 1.00. The molecule has 1 aliphatic heterocycles. The van der Waals surface area contributed by atoms with Crippen LogP contribution in [0.3, 0.4) is 0 Å². The lowest BCUT2D eigenvalue weighted by Gasteiger charge is -2.29. The predicted molar refractivity (Wildman–Crippen MR) is 62.8 cm³/mol. The molecule has 0 aromatic rings. The van der Waals surface area contributed by atoms with Crippen molar-refractivity contribution in [3.63, 3.8) is 0 Å². The Bertz CT molecular complexity index is 173. The Kier molecular flexibility index (Phi) is 4.45. The van der Waals surface area contributed by atoms with Gasteiger partial charge in [-0.2, -0.15) is 0 Å². The number of rotatable bonds is 5. The van der Waals surface area contributed by atoms with Gasteiger partial charge in [0.05, 0.1) is 6.10 Å². The van der Waals surface area contributed by atoms with E-state index in [1.807, 2.05) is 0 Å². The highest BCUT2D eigenvalue weighted by molar-refractivity contribution is 4.76. The molecule has 0 radical (unpaired) electrons. The first-order chi connectivity index (χ1) is 7.34. The molecule has 2 nitrogen and oxygen atoms in total. The minimum absolute atomic E-state index is 0.431. The zero-order valence-electron chi connectivity index (χ0n) is 9.79. The van der Waals surface area contributed by atoms with Gasteiger partial charge in [-0.3, -0.25) is 0 Å². The van der Waals surface area contributed by atoms with Crippen molar-refractivity contribution in [2.45, 2.75) is 69.9 Å². The molecule has 2 aliphatic rings. The molecule has 0 aromatic heterocycles. The second-order valence-corrected chi connectivity index (χ2v) is 5.36. The van der Waals surface area contributed by atoms with Crippen LogP contribution in [0.5, 0.6) is 0 Å². The Balaban J connectivity index is 1.55. The van der Waals surface area contributed by atoms with Gasteiger partial charge in [-0.15, -0.1) is 0 Å². The van der Waals surface area contributed by atoms with Gasteiger partial charge in [0.1, 0.15) is 0 Å². The van der Waals surface area contributed by atoms with Gasteiger partial charge in [0.15, 0.2) is 0 Å². The van der Waals surface area contributed by atoms with E-state index in [9.17, 15) is 0 Å². The molecule has 2 atom stereocenters. The molecule has 0 spiro atoms. The standard InChI is InChI=1S/C13H25NO/c14-12(10-11-4-3-5-11)7-8-13-6-1-2-9-15-13/h11-13H,1-10,14H2. The lowest BCUT2D eigenvalue weighted by atomic mass is 9.80. The second-order valence-electron chi connectivity index (χ2n) is 5.36. The molecule has 1 aliphatic carbocycles. The fourth-order valence-electron chi connectivity index (χ4n) is 2.71. The average molecular weight is 211 g/mol. The molecule has 15 heavy (non-hydrogen) atoms. The van der Waals surface area contributed by atoms with E-state index < -0.39 is 0 Å². The molecule has 2 unspecified atom stereocenters. The fourth-order valence-corrected chi connectivity index (χ4v) is 2.71. The van der Waals surface area contributed by atoms with E-state index in [0.717, 1.165) is 12.5 Å². The van der Waals surface area contributed by atoms with Crippen LogP contribution in [0.4, 0.5) is 0 Å². The first-order valence-corrected chi connectivity index (χ1v) is 6.72. The summed E-state index contributed by atoms with van der Waals surface area (Å²) in [6.45, 7) is 0.975. The third kappa shape index (κ3) is 3.76. The Morgan fingerprint density at radius 1 is 1.13 bits per heavy atom. The van der Waals surface area contributed by atoms with Crippen molar-refractivity contribution in [3.8, 4) is 0 Å². The number of ether oxygens (including phenoxy) is 1. The molecule has 1 heterocycles. The van der Waals surface area contributed by atoms with E-state index >= 15 is 0 Å². The smallest absolute Gasteiger partial charge is 0.0575 e. The maximum atomic E-state index is 6.15. The van der Waals surface area contributed by atoms with Crippen molar-refractivity contribution < 1.29 is 4.74 Å². The Morgan fingerprint density at radius 2 is 2.00 bits per heavy atom. The summed E-state index contributed by atoms with van der Waals surface area (Å²) in [4.78, 5) is 0. The minimum atomic E-state index is 0.431. The molecule has 0 bridgehead atoms. The van der Waals surface area contributed by atoms with Gasteiger partial charge in [-0.05, 0) is 44.4 Å². The van der Waals surface area contributed by atoms with Crippen LogP contribution in [0.1, 0.15) is 57.8 Å². The van der Waals surface area contributed by atoms with Crippen LogP contribution < -0.4 is 5.73 Å². The summed E-state index contributed by atoms with van der Waals surface area (Å²) in [5.41, 5.74) is 6.15. The normalized spacial score (nSPS) is 29.8. The van der Waals surface area contributed by atoms with Crippen LogP contribution in [0.2, 0.25) is 0 Å². The van der Waals surface area contributed by atoms with Gasteiger partial charge in [-0.1, -0.05) is 19.3 Å². The average Bonchev–Trinajstić information content (AvgIpc) is 2.22. The van der Waals surface area contributed by atoms with Gasteiger partial charge in [0, 0.05) is 12.6 Å². The van der Waals surface area contributed by atoms with E-state index in [0.29, 0.717) is 12.1 Å².